The van der Waals surface area contributed by atoms with Crippen molar-refractivity contribution in [3.8, 4) is 0 Å². The van der Waals surface area contributed by atoms with Gasteiger partial charge in [0, 0.05) is 19.5 Å². The monoisotopic (exact) mass is 414 g/mol. The number of sulfonamides is 1. The highest BCUT2D eigenvalue weighted by Gasteiger charge is 2.17. The van der Waals surface area contributed by atoms with E-state index in [-0.39, 0.29) is 18.9 Å². The number of anilines is 1. The third-order valence-electron chi connectivity index (χ3n) is 4.64. The Labute approximate surface area is 170 Å². The van der Waals surface area contributed by atoms with Crippen LogP contribution < -0.4 is 9.62 Å². The third-order valence-corrected chi connectivity index (χ3v) is 5.83. The van der Waals surface area contributed by atoms with Gasteiger partial charge in [-0.2, -0.15) is 0 Å². The molecule has 0 unspecified atom stereocenters. The SMILES string of the molecule is CS(=O)(=O)N(CCCC(=O)NCc1cccc2ccccc12)c1ccc(F)cc1. The minimum Gasteiger partial charge on any atom is -0.352 e. The highest BCUT2D eigenvalue weighted by Crippen LogP contribution is 2.20. The molecule has 3 rings (SSSR count). The third kappa shape index (κ3) is 5.54. The largest absolute Gasteiger partial charge is 0.352 e. The minimum atomic E-state index is -3.53. The van der Waals surface area contributed by atoms with Gasteiger partial charge in [0.25, 0.3) is 0 Å². The summed E-state index contributed by atoms with van der Waals surface area (Å²) in [5.41, 5.74) is 1.41. The number of nitrogens with one attached hydrogen (secondary N) is 1. The maximum absolute atomic E-state index is 13.1. The molecule has 1 amide bonds. The van der Waals surface area contributed by atoms with E-state index >= 15 is 0 Å². The van der Waals surface area contributed by atoms with Crippen molar-refractivity contribution in [3.05, 3.63) is 78.1 Å². The van der Waals surface area contributed by atoms with Crippen LogP contribution in [0, 0.1) is 5.82 Å². The maximum Gasteiger partial charge on any atom is 0.232 e. The van der Waals surface area contributed by atoms with Crippen LogP contribution in [-0.2, 0) is 21.4 Å². The summed E-state index contributed by atoms with van der Waals surface area (Å²) in [5, 5.41) is 5.10. The fourth-order valence-corrected chi connectivity index (χ4v) is 4.17. The minimum absolute atomic E-state index is 0.145. The van der Waals surface area contributed by atoms with E-state index in [0.29, 0.717) is 18.7 Å². The number of rotatable bonds is 8. The molecule has 0 spiro atoms. The fraction of sp³-hybridized carbons (Fsp3) is 0.227. The van der Waals surface area contributed by atoms with Gasteiger partial charge in [0.15, 0.2) is 0 Å². The molecule has 0 aromatic heterocycles. The number of fused-ring (bicyclic) bond motifs is 1. The van der Waals surface area contributed by atoms with E-state index in [1.807, 2.05) is 42.5 Å². The lowest BCUT2D eigenvalue weighted by atomic mass is 10.0. The molecule has 0 saturated carbocycles. The second-order valence-electron chi connectivity index (χ2n) is 6.83. The van der Waals surface area contributed by atoms with Gasteiger partial charge in [-0.05, 0) is 47.0 Å². The van der Waals surface area contributed by atoms with Gasteiger partial charge in [-0.15, -0.1) is 0 Å². The Hall–Kier alpha value is -2.93. The maximum atomic E-state index is 13.1. The van der Waals surface area contributed by atoms with E-state index in [9.17, 15) is 17.6 Å². The molecule has 152 valence electrons. The number of halogens is 1. The number of carbonyl (C=O) groups excluding carboxylic acids is 1. The Balaban J connectivity index is 1.56. The van der Waals surface area contributed by atoms with Crippen LogP contribution in [0.1, 0.15) is 18.4 Å². The summed E-state index contributed by atoms with van der Waals surface area (Å²) in [6, 6.07) is 19.2. The molecule has 3 aromatic rings. The van der Waals surface area contributed by atoms with Gasteiger partial charge in [0.2, 0.25) is 15.9 Å². The summed E-state index contributed by atoms with van der Waals surface area (Å²) < 4.78 is 38.4. The quantitative estimate of drug-likeness (QED) is 0.609. The van der Waals surface area contributed by atoms with Crippen LogP contribution in [0.2, 0.25) is 0 Å². The van der Waals surface area contributed by atoms with Gasteiger partial charge in [-0.3, -0.25) is 9.10 Å². The van der Waals surface area contributed by atoms with Crippen molar-refractivity contribution in [1.29, 1.82) is 0 Å². The zero-order valence-electron chi connectivity index (χ0n) is 16.1. The van der Waals surface area contributed by atoms with Crippen LogP contribution in [0.3, 0.4) is 0 Å². The molecule has 3 aromatic carbocycles. The predicted octanol–water partition coefficient (Wildman–Crippen LogP) is 3.84. The molecule has 0 aliphatic heterocycles. The molecule has 0 aliphatic carbocycles. The van der Waals surface area contributed by atoms with Gasteiger partial charge >= 0.3 is 0 Å². The van der Waals surface area contributed by atoms with Crippen molar-refractivity contribution in [1.82, 2.24) is 5.32 Å². The number of hydrogen-bond acceptors (Lipinski definition) is 3. The molecule has 0 atom stereocenters. The Morgan fingerprint density at radius 2 is 1.69 bits per heavy atom. The molecule has 0 heterocycles. The summed E-state index contributed by atoms with van der Waals surface area (Å²) in [7, 11) is -3.53. The number of benzene rings is 3. The molecule has 29 heavy (non-hydrogen) atoms. The molecule has 0 saturated heterocycles. The molecule has 5 nitrogen and oxygen atoms in total. The first-order chi connectivity index (χ1) is 13.8. The van der Waals surface area contributed by atoms with Crippen molar-refractivity contribution in [2.75, 3.05) is 17.1 Å². The lowest BCUT2D eigenvalue weighted by Crippen LogP contribution is -2.32. The molecular formula is C22H23FN2O3S. The highest BCUT2D eigenvalue weighted by atomic mass is 32.2. The highest BCUT2D eigenvalue weighted by molar-refractivity contribution is 7.92. The summed E-state index contributed by atoms with van der Waals surface area (Å²) >= 11 is 0. The van der Waals surface area contributed by atoms with E-state index in [1.54, 1.807) is 0 Å². The summed E-state index contributed by atoms with van der Waals surface area (Å²) in [6.07, 6.45) is 1.64. The van der Waals surface area contributed by atoms with Crippen LogP contribution in [0.4, 0.5) is 10.1 Å². The second kappa shape index (κ2) is 9.05. The second-order valence-corrected chi connectivity index (χ2v) is 8.74. The Morgan fingerprint density at radius 3 is 2.41 bits per heavy atom. The van der Waals surface area contributed by atoms with Gasteiger partial charge < -0.3 is 5.32 Å². The number of amides is 1. The van der Waals surface area contributed by atoms with Crippen molar-refractivity contribution in [3.63, 3.8) is 0 Å². The van der Waals surface area contributed by atoms with E-state index in [1.165, 1.54) is 28.6 Å². The molecule has 1 N–H and O–H groups in total. The molecule has 0 radical (unpaired) electrons. The van der Waals surface area contributed by atoms with Crippen LogP contribution >= 0.6 is 0 Å². The predicted molar refractivity (Wildman–Crippen MR) is 114 cm³/mol. The fourth-order valence-electron chi connectivity index (χ4n) is 3.21. The first-order valence-electron chi connectivity index (χ1n) is 9.31. The smallest absolute Gasteiger partial charge is 0.232 e. The van der Waals surface area contributed by atoms with Crippen molar-refractivity contribution in [2.24, 2.45) is 0 Å². The van der Waals surface area contributed by atoms with Gasteiger partial charge in [0.1, 0.15) is 5.82 Å². The van der Waals surface area contributed by atoms with Crippen LogP contribution in [-0.4, -0.2) is 27.1 Å². The number of hydrogen-bond donors (Lipinski definition) is 1. The zero-order chi connectivity index (χ0) is 20.9. The normalized spacial score (nSPS) is 11.4. The topological polar surface area (TPSA) is 66.5 Å². The average molecular weight is 415 g/mol. The lowest BCUT2D eigenvalue weighted by Gasteiger charge is -2.22. The van der Waals surface area contributed by atoms with Gasteiger partial charge in [-0.1, -0.05) is 42.5 Å². The zero-order valence-corrected chi connectivity index (χ0v) is 17.0. The molecule has 7 heteroatoms. The van der Waals surface area contributed by atoms with E-state index in [2.05, 4.69) is 5.32 Å². The van der Waals surface area contributed by atoms with Crippen molar-refractivity contribution < 1.29 is 17.6 Å². The van der Waals surface area contributed by atoms with Crippen LogP contribution in [0.25, 0.3) is 10.8 Å². The van der Waals surface area contributed by atoms with E-state index in [4.69, 9.17) is 0 Å². The first-order valence-corrected chi connectivity index (χ1v) is 11.2. The molecule has 0 aliphatic rings. The first kappa shape index (κ1) is 20.8. The molecule has 0 bridgehead atoms. The Kier molecular flexibility index (Phi) is 6.49. The van der Waals surface area contributed by atoms with Crippen molar-refractivity contribution in [2.45, 2.75) is 19.4 Å². The Morgan fingerprint density at radius 1 is 1.00 bits per heavy atom. The van der Waals surface area contributed by atoms with Gasteiger partial charge in [-0.25, -0.2) is 12.8 Å². The van der Waals surface area contributed by atoms with Crippen LogP contribution in [0.15, 0.2) is 66.7 Å². The number of carbonyl (C=O) groups is 1. The van der Waals surface area contributed by atoms with E-state index < -0.39 is 15.8 Å². The summed E-state index contributed by atoms with van der Waals surface area (Å²) in [6.45, 7) is 0.556. The summed E-state index contributed by atoms with van der Waals surface area (Å²) in [4.78, 5) is 12.2. The standard InChI is InChI=1S/C22H23FN2O3S/c1-29(27,28)25(20-13-11-19(23)12-14-20)15-5-10-22(26)24-16-18-8-4-7-17-6-2-3-9-21(17)18/h2-4,6-9,11-14H,5,10,15-16H2,1H3,(H,24,26). The Bertz CT molecular complexity index is 1090. The molecule has 0 fully saturated rings. The van der Waals surface area contributed by atoms with Crippen molar-refractivity contribution >= 4 is 32.4 Å². The van der Waals surface area contributed by atoms with Crippen LogP contribution in [0.5, 0.6) is 0 Å². The number of nitrogens with zero attached hydrogens (tertiary/aromatic N) is 1. The van der Waals surface area contributed by atoms with Gasteiger partial charge in [0.05, 0.1) is 11.9 Å². The average Bonchev–Trinajstić information content (AvgIpc) is 2.69. The lowest BCUT2D eigenvalue weighted by molar-refractivity contribution is -0.121. The van der Waals surface area contributed by atoms with E-state index in [0.717, 1.165) is 22.6 Å². The molecular weight excluding hydrogens is 391 g/mol. The summed E-state index contributed by atoms with van der Waals surface area (Å²) in [5.74, 6) is -0.583.